The highest BCUT2D eigenvalue weighted by Crippen LogP contribution is 2.26. The minimum atomic E-state index is -0.761. The summed E-state index contributed by atoms with van der Waals surface area (Å²) in [6.45, 7) is 1.18. The summed E-state index contributed by atoms with van der Waals surface area (Å²) in [5.41, 5.74) is 2.67. The van der Waals surface area contributed by atoms with Gasteiger partial charge in [0.25, 0.3) is 6.54 Å². The fourth-order valence-electron chi connectivity index (χ4n) is 2.38. The number of aryl methyl sites for hydroxylation is 1. The van der Waals surface area contributed by atoms with Crippen LogP contribution in [0.25, 0.3) is 0 Å². The maximum absolute atomic E-state index is 12.2. The molecule has 0 aliphatic carbocycles. The first kappa shape index (κ1) is 17.6. The van der Waals surface area contributed by atoms with Gasteiger partial charge in [0, 0.05) is 22.3 Å². The summed E-state index contributed by atoms with van der Waals surface area (Å²) in [5.74, 6) is -1.62. The third-order valence-corrected chi connectivity index (χ3v) is 3.79. The van der Waals surface area contributed by atoms with Crippen LogP contribution in [-0.4, -0.2) is 23.2 Å². The van der Waals surface area contributed by atoms with Gasteiger partial charge >= 0.3 is 0 Å². The normalized spacial score (nSPS) is 11.6. The number of nitro groups is 1. The number of Topliss-reactive ketones (excluding diaryl/α,β-unsaturated/α-hetero) is 1. The Morgan fingerprint density at radius 1 is 1.08 bits per heavy atom. The van der Waals surface area contributed by atoms with E-state index in [1.165, 1.54) is 12.1 Å². The summed E-state index contributed by atoms with van der Waals surface area (Å²) in [4.78, 5) is 35.7. The molecule has 0 heterocycles. The summed E-state index contributed by atoms with van der Waals surface area (Å²) in [7, 11) is 0. The molecule has 7 heteroatoms. The molecule has 0 aliphatic rings. The number of rotatable bonds is 6. The lowest BCUT2D eigenvalue weighted by Gasteiger charge is -2.16. The Hall–Kier alpha value is -2.73. The number of hydrogen-bond acceptors (Lipinski definition) is 4. The van der Waals surface area contributed by atoms with Crippen LogP contribution in [0.15, 0.2) is 48.5 Å². The molecule has 1 N–H and O–H groups in total. The van der Waals surface area contributed by atoms with Crippen molar-refractivity contribution in [2.75, 3.05) is 6.54 Å². The zero-order chi connectivity index (χ0) is 17.7. The average molecular weight is 347 g/mol. The second-order valence-electron chi connectivity index (χ2n) is 5.34. The van der Waals surface area contributed by atoms with Crippen molar-refractivity contribution in [1.82, 2.24) is 4.84 Å². The first-order valence-corrected chi connectivity index (χ1v) is 7.52. The molecule has 0 fully saturated rings. The fourth-order valence-corrected chi connectivity index (χ4v) is 2.49. The molecule has 124 valence electrons. The van der Waals surface area contributed by atoms with Crippen LogP contribution in [-0.2, 0) is 4.79 Å². The monoisotopic (exact) mass is 346 g/mol. The highest BCUT2D eigenvalue weighted by Gasteiger charge is 2.23. The largest absolute Gasteiger partial charge is 0.287 e. The van der Waals surface area contributed by atoms with E-state index in [0.29, 0.717) is 5.56 Å². The zero-order valence-electron chi connectivity index (χ0n) is 12.9. The molecular formula is C17H15ClN2O4. The highest BCUT2D eigenvalue weighted by atomic mass is 35.5. The first-order chi connectivity index (χ1) is 11.4. The van der Waals surface area contributed by atoms with Gasteiger partial charge in [0.15, 0.2) is 0 Å². The molecule has 1 amide bonds. The number of carbonyl (C=O) groups is 2. The van der Waals surface area contributed by atoms with Crippen molar-refractivity contribution in [3.8, 4) is 0 Å². The van der Waals surface area contributed by atoms with E-state index in [4.69, 9.17) is 11.8 Å². The predicted molar refractivity (Wildman–Crippen MR) is 89.7 cm³/mol. The van der Waals surface area contributed by atoms with E-state index in [2.05, 4.69) is 4.84 Å². The third kappa shape index (κ3) is 4.17. The molecular weight excluding hydrogens is 332 g/mol. The topological polar surface area (TPSA) is 89.3 Å². The summed E-state index contributed by atoms with van der Waals surface area (Å²) in [6.07, 6.45) is 0. The molecule has 0 radical (unpaired) electrons. The Morgan fingerprint density at radius 2 is 1.58 bits per heavy atom. The molecule has 0 aromatic heterocycles. The van der Waals surface area contributed by atoms with Crippen LogP contribution in [0.2, 0.25) is 0 Å². The number of halogens is 1. The van der Waals surface area contributed by atoms with E-state index < -0.39 is 29.1 Å². The van der Waals surface area contributed by atoms with E-state index in [1.54, 1.807) is 12.1 Å². The third-order valence-electron chi connectivity index (χ3n) is 3.60. The first-order valence-electron chi connectivity index (χ1n) is 7.14. The Labute approximate surface area is 143 Å². The van der Waals surface area contributed by atoms with Crippen LogP contribution >= 0.6 is 11.8 Å². The second-order valence-corrected chi connectivity index (χ2v) is 5.53. The minimum absolute atomic E-state index is 0.226. The quantitative estimate of drug-likeness (QED) is 0.377. The van der Waals surface area contributed by atoms with Gasteiger partial charge in [-0.25, -0.2) is 0 Å². The number of benzene rings is 2. The molecule has 1 atom stereocenters. The van der Waals surface area contributed by atoms with Gasteiger partial charge < -0.3 is 0 Å². The van der Waals surface area contributed by atoms with Crippen molar-refractivity contribution in [2.24, 2.45) is 0 Å². The molecule has 24 heavy (non-hydrogen) atoms. The van der Waals surface area contributed by atoms with Gasteiger partial charge in [0.2, 0.25) is 11.7 Å². The number of carbonyl (C=O) groups excluding carboxylic acids is 2. The summed E-state index contributed by atoms with van der Waals surface area (Å²) < 4.78 is 0. The van der Waals surface area contributed by atoms with Crippen molar-refractivity contribution >= 4 is 23.5 Å². The number of nitrogens with one attached hydrogen (secondary N) is 1. The van der Waals surface area contributed by atoms with Crippen molar-refractivity contribution in [1.29, 1.82) is 0 Å². The molecule has 2 aromatic carbocycles. The predicted octanol–water partition coefficient (Wildman–Crippen LogP) is 2.86. The van der Waals surface area contributed by atoms with Gasteiger partial charge in [0.1, 0.15) is 0 Å². The van der Waals surface area contributed by atoms with Crippen molar-refractivity contribution in [2.45, 2.75) is 12.8 Å². The number of amides is 1. The summed E-state index contributed by atoms with van der Waals surface area (Å²) in [6, 6.07) is 13.6. The molecule has 0 saturated carbocycles. The fraction of sp³-hybridized carbons (Fsp3) is 0.176. The Morgan fingerprint density at radius 3 is 2.04 bits per heavy atom. The zero-order valence-corrected chi connectivity index (χ0v) is 13.6. The number of nitrogens with zero attached hydrogens (tertiary/aromatic N) is 1. The van der Waals surface area contributed by atoms with Crippen molar-refractivity contribution in [3.05, 3.63) is 80.9 Å². The van der Waals surface area contributed by atoms with Crippen LogP contribution in [0, 0.1) is 17.0 Å². The molecule has 0 saturated heterocycles. The van der Waals surface area contributed by atoms with Gasteiger partial charge in [-0.3, -0.25) is 24.5 Å². The van der Waals surface area contributed by atoms with Crippen LogP contribution in [0.4, 0.5) is 0 Å². The molecule has 2 aromatic rings. The van der Waals surface area contributed by atoms with Crippen molar-refractivity contribution in [3.63, 3.8) is 0 Å². The van der Waals surface area contributed by atoms with E-state index in [-0.39, 0.29) is 5.56 Å². The van der Waals surface area contributed by atoms with Crippen molar-refractivity contribution < 1.29 is 14.5 Å². The molecule has 0 spiro atoms. The van der Waals surface area contributed by atoms with E-state index in [9.17, 15) is 19.7 Å². The SMILES string of the molecule is Cc1ccc(C(C(=O)NCl)c2ccc(C(=O)C[N+](=O)[O-])cc2)cc1. The molecule has 0 bridgehead atoms. The lowest BCUT2D eigenvalue weighted by Crippen LogP contribution is -2.23. The Balaban J connectivity index is 2.33. The van der Waals surface area contributed by atoms with E-state index in [1.807, 2.05) is 31.2 Å². The van der Waals surface area contributed by atoms with Gasteiger partial charge in [-0.15, -0.1) is 0 Å². The number of ketones is 1. The van der Waals surface area contributed by atoms with E-state index >= 15 is 0 Å². The molecule has 0 aliphatic heterocycles. The maximum Gasteiger partial charge on any atom is 0.265 e. The lowest BCUT2D eigenvalue weighted by molar-refractivity contribution is -0.465. The average Bonchev–Trinajstić information content (AvgIpc) is 2.56. The van der Waals surface area contributed by atoms with E-state index in [0.717, 1.165) is 11.1 Å². The maximum atomic E-state index is 12.2. The molecule has 1 unspecified atom stereocenters. The van der Waals surface area contributed by atoms with Gasteiger partial charge in [-0.05, 0) is 18.1 Å². The minimum Gasteiger partial charge on any atom is -0.287 e. The molecule has 6 nitrogen and oxygen atoms in total. The smallest absolute Gasteiger partial charge is 0.265 e. The Kier molecular flexibility index (Phi) is 5.65. The molecule has 2 rings (SSSR count). The standard InChI is InChI=1S/C17H15ClN2O4/c1-11-2-4-13(5-3-11)16(17(22)19-18)14-8-6-12(7-9-14)15(21)10-20(23)24/h2-9,16H,10H2,1H3,(H,19,22). The van der Waals surface area contributed by atoms with Gasteiger partial charge in [-0.2, -0.15) is 0 Å². The van der Waals surface area contributed by atoms with Crippen LogP contribution in [0.3, 0.4) is 0 Å². The summed E-state index contributed by atoms with van der Waals surface area (Å²) >= 11 is 5.49. The van der Waals surface area contributed by atoms with Gasteiger partial charge in [0.05, 0.1) is 5.92 Å². The van der Waals surface area contributed by atoms with Crippen LogP contribution in [0.1, 0.15) is 33.0 Å². The Bertz CT molecular complexity index is 757. The number of hydrogen-bond donors (Lipinski definition) is 1. The van der Waals surface area contributed by atoms with Gasteiger partial charge in [-0.1, -0.05) is 54.1 Å². The van der Waals surface area contributed by atoms with Crippen LogP contribution < -0.4 is 4.84 Å². The van der Waals surface area contributed by atoms with Crippen LogP contribution in [0.5, 0.6) is 0 Å². The second kappa shape index (κ2) is 7.70. The lowest BCUT2D eigenvalue weighted by atomic mass is 9.89. The highest BCUT2D eigenvalue weighted by molar-refractivity contribution is 6.22. The summed E-state index contributed by atoms with van der Waals surface area (Å²) in [5, 5.41) is 10.4.